The lowest BCUT2D eigenvalue weighted by molar-refractivity contribution is -0.689. The number of ketones is 1. The number of carbonyl (C=O) groups excluding carboxylic acids is 1. The molecule has 3 rings (SSSR count). The molecule has 0 aliphatic carbocycles. The molecule has 3 aromatic rings. The minimum Gasteiger partial charge on any atom is -0.343 e. The van der Waals surface area contributed by atoms with Crippen LogP contribution in [-0.4, -0.2) is 10.4 Å². The molecule has 0 radical (unpaired) electrons. The van der Waals surface area contributed by atoms with Crippen molar-refractivity contribution in [3.05, 3.63) is 75.0 Å². The summed E-state index contributed by atoms with van der Waals surface area (Å²) in [7, 11) is 0. The van der Waals surface area contributed by atoms with Crippen molar-refractivity contribution in [3.63, 3.8) is 0 Å². The predicted molar refractivity (Wildman–Crippen MR) is 102 cm³/mol. The SMILES string of the molecule is CCc1ccc(C)[n+](CC(=O)c2cc(C)n(Cc3cccs3)c2C)c1. The van der Waals surface area contributed by atoms with Gasteiger partial charge in [0, 0.05) is 40.4 Å². The normalized spacial score (nSPS) is 11.0. The smallest absolute Gasteiger partial charge is 0.229 e. The van der Waals surface area contributed by atoms with E-state index >= 15 is 0 Å². The zero-order chi connectivity index (χ0) is 18.0. The van der Waals surface area contributed by atoms with Crippen LogP contribution in [0.25, 0.3) is 0 Å². The Morgan fingerprint density at radius 3 is 2.68 bits per heavy atom. The molecule has 0 fully saturated rings. The number of hydrogen-bond acceptors (Lipinski definition) is 2. The predicted octanol–water partition coefficient (Wildman–Crippen LogP) is 4.26. The standard InChI is InChI=1S/C21H25N2OS/c1-5-18-9-8-15(2)22(12-18)14-21(24)20-11-16(3)23(17(20)4)13-19-7-6-10-25-19/h6-12H,5,13-14H2,1-4H3/q+1. The Kier molecular flexibility index (Phi) is 5.19. The molecule has 0 N–H and O–H groups in total. The molecule has 0 saturated heterocycles. The van der Waals surface area contributed by atoms with Gasteiger partial charge in [0.25, 0.3) is 0 Å². The van der Waals surface area contributed by atoms with Crippen LogP contribution in [0.2, 0.25) is 0 Å². The highest BCUT2D eigenvalue weighted by Crippen LogP contribution is 2.20. The fraction of sp³-hybridized carbons (Fsp3) is 0.333. The summed E-state index contributed by atoms with van der Waals surface area (Å²) < 4.78 is 4.30. The van der Waals surface area contributed by atoms with E-state index in [0.717, 1.165) is 35.6 Å². The van der Waals surface area contributed by atoms with Crippen molar-refractivity contribution in [2.24, 2.45) is 0 Å². The van der Waals surface area contributed by atoms with Crippen molar-refractivity contribution >= 4 is 17.1 Å². The number of pyridine rings is 1. The minimum atomic E-state index is 0.173. The molecule has 4 heteroatoms. The van der Waals surface area contributed by atoms with E-state index in [-0.39, 0.29) is 5.78 Å². The van der Waals surface area contributed by atoms with Gasteiger partial charge in [-0.05, 0) is 43.8 Å². The van der Waals surface area contributed by atoms with Crippen LogP contribution in [-0.2, 0) is 19.5 Å². The summed E-state index contributed by atoms with van der Waals surface area (Å²) in [6.07, 6.45) is 3.07. The van der Waals surface area contributed by atoms with Crippen LogP contribution in [0.5, 0.6) is 0 Å². The van der Waals surface area contributed by atoms with E-state index in [9.17, 15) is 4.79 Å². The van der Waals surface area contributed by atoms with Crippen LogP contribution < -0.4 is 4.57 Å². The van der Waals surface area contributed by atoms with Gasteiger partial charge in [-0.3, -0.25) is 4.79 Å². The second kappa shape index (κ2) is 7.36. The maximum Gasteiger partial charge on any atom is 0.229 e. The third-order valence-corrected chi connectivity index (χ3v) is 5.66. The summed E-state index contributed by atoms with van der Waals surface area (Å²) in [6, 6.07) is 10.5. The average Bonchev–Trinajstić information content (AvgIpc) is 3.20. The first-order valence-electron chi connectivity index (χ1n) is 8.71. The highest BCUT2D eigenvalue weighted by Gasteiger charge is 2.20. The maximum atomic E-state index is 12.9. The summed E-state index contributed by atoms with van der Waals surface area (Å²) in [4.78, 5) is 14.2. The third-order valence-electron chi connectivity index (χ3n) is 4.80. The molecular formula is C21H25N2OS+. The lowest BCUT2D eigenvalue weighted by Gasteiger charge is -2.08. The van der Waals surface area contributed by atoms with E-state index in [1.54, 1.807) is 11.3 Å². The Morgan fingerprint density at radius 2 is 2.00 bits per heavy atom. The fourth-order valence-electron chi connectivity index (χ4n) is 3.17. The fourth-order valence-corrected chi connectivity index (χ4v) is 3.87. The maximum absolute atomic E-state index is 12.9. The molecule has 0 atom stereocenters. The first-order chi connectivity index (χ1) is 12.0. The number of carbonyl (C=O) groups is 1. The van der Waals surface area contributed by atoms with E-state index < -0.39 is 0 Å². The Morgan fingerprint density at radius 1 is 1.20 bits per heavy atom. The Labute approximate surface area is 153 Å². The second-order valence-electron chi connectivity index (χ2n) is 6.53. The van der Waals surface area contributed by atoms with Crippen molar-refractivity contribution < 1.29 is 9.36 Å². The molecule has 3 aromatic heterocycles. The van der Waals surface area contributed by atoms with Crippen LogP contribution >= 0.6 is 11.3 Å². The molecule has 0 bridgehead atoms. The summed E-state index contributed by atoms with van der Waals surface area (Å²) in [5.41, 5.74) is 5.39. The van der Waals surface area contributed by atoms with Gasteiger partial charge in [0.15, 0.2) is 11.9 Å². The summed E-state index contributed by atoms with van der Waals surface area (Å²) in [5, 5.41) is 2.09. The average molecular weight is 354 g/mol. The second-order valence-corrected chi connectivity index (χ2v) is 7.57. The quantitative estimate of drug-likeness (QED) is 0.480. The van der Waals surface area contributed by atoms with Crippen LogP contribution in [0.15, 0.2) is 41.9 Å². The Bertz CT molecular complexity index is 891. The van der Waals surface area contributed by atoms with Gasteiger partial charge in [0.05, 0.1) is 6.54 Å². The molecule has 0 aliphatic heterocycles. The monoisotopic (exact) mass is 353 g/mol. The molecule has 0 aliphatic rings. The zero-order valence-electron chi connectivity index (χ0n) is 15.4. The first-order valence-corrected chi connectivity index (χ1v) is 9.58. The molecular weight excluding hydrogens is 328 g/mol. The lowest BCUT2D eigenvalue weighted by atomic mass is 10.1. The number of nitrogens with zero attached hydrogens (tertiary/aromatic N) is 2. The third kappa shape index (κ3) is 3.74. The minimum absolute atomic E-state index is 0.173. The molecule has 3 nitrogen and oxygen atoms in total. The topological polar surface area (TPSA) is 25.9 Å². The van der Waals surface area contributed by atoms with Crippen molar-refractivity contribution in [1.82, 2.24) is 4.57 Å². The van der Waals surface area contributed by atoms with Crippen LogP contribution in [0, 0.1) is 20.8 Å². The highest BCUT2D eigenvalue weighted by molar-refractivity contribution is 7.09. The van der Waals surface area contributed by atoms with E-state index in [4.69, 9.17) is 0 Å². The zero-order valence-corrected chi connectivity index (χ0v) is 16.2. The number of thiophene rings is 1. The molecule has 0 aromatic carbocycles. The van der Waals surface area contributed by atoms with Gasteiger partial charge >= 0.3 is 0 Å². The molecule has 3 heterocycles. The van der Waals surface area contributed by atoms with Gasteiger partial charge in [-0.2, -0.15) is 4.57 Å². The first kappa shape index (κ1) is 17.6. The molecule has 0 spiro atoms. The molecule has 0 amide bonds. The number of hydrogen-bond donors (Lipinski definition) is 0. The lowest BCUT2D eigenvalue weighted by Crippen LogP contribution is -2.41. The van der Waals surface area contributed by atoms with Crippen molar-refractivity contribution in [1.29, 1.82) is 0 Å². The van der Waals surface area contributed by atoms with E-state index in [0.29, 0.717) is 6.54 Å². The number of rotatable bonds is 6. The molecule has 0 saturated carbocycles. The largest absolute Gasteiger partial charge is 0.343 e. The van der Waals surface area contributed by atoms with Gasteiger partial charge in [0.1, 0.15) is 0 Å². The van der Waals surface area contributed by atoms with E-state index in [1.165, 1.54) is 10.4 Å². The summed E-state index contributed by atoms with van der Waals surface area (Å²) in [5.74, 6) is 0.173. The molecule has 130 valence electrons. The molecule has 25 heavy (non-hydrogen) atoms. The number of aromatic nitrogens is 2. The van der Waals surface area contributed by atoms with E-state index in [1.807, 2.05) is 19.9 Å². The summed E-state index contributed by atoms with van der Waals surface area (Å²) in [6.45, 7) is 9.53. The van der Waals surface area contributed by atoms with E-state index in [2.05, 4.69) is 58.8 Å². The Balaban J connectivity index is 1.86. The number of aryl methyl sites for hydroxylation is 3. The van der Waals surface area contributed by atoms with Gasteiger partial charge in [-0.1, -0.05) is 13.0 Å². The van der Waals surface area contributed by atoms with Crippen molar-refractivity contribution in [3.8, 4) is 0 Å². The summed E-state index contributed by atoms with van der Waals surface area (Å²) >= 11 is 1.75. The number of Topliss-reactive ketones (excluding diaryl/α,β-unsaturated/α-hetero) is 1. The van der Waals surface area contributed by atoms with Crippen molar-refractivity contribution in [2.75, 3.05) is 0 Å². The Hall–Kier alpha value is -2.20. The van der Waals surface area contributed by atoms with Gasteiger partial charge < -0.3 is 4.57 Å². The van der Waals surface area contributed by atoms with Crippen LogP contribution in [0.1, 0.15) is 44.8 Å². The van der Waals surface area contributed by atoms with Gasteiger partial charge in [0.2, 0.25) is 12.3 Å². The van der Waals surface area contributed by atoms with Gasteiger partial charge in [-0.15, -0.1) is 11.3 Å². The highest BCUT2D eigenvalue weighted by atomic mass is 32.1. The molecule has 0 unspecified atom stereocenters. The van der Waals surface area contributed by atoms with Crippen molar-refractivity contribution in [2.45, 2.75) is 47.2 Å². The van der Waals surface area contributed by atoms with Gasteiger partial charge in [-0.25, -0.2) is 0 Å². The van der Waals surface area contributed by atoms with Crippen LogP contribution in [0.3, 0.4) is 0 Å². The van der Waals surface area contributed by atoms with Crippen LogP contribution in [0.4, 0.5) is 0 Å².